The molecule has 16 heavy (non-hydrogen) atoms. The molecule has 0 bridgehead atoms. The van der Waals surface area contributed by atoms with Gasteiger partial charge in [-0.3, -0.25) is 4.79 Å². The Morgan fingerprint density at radius 2 is 2.19 bits per heavy atom. The Morgan fingerprint density at radius 3 is 2.62 bits per heavy atom. The Morgan fingerprint density at radius 1 is 1.56 bits per heavy atom. The molecule has 0 spiro atoms. The van der Waals surface area contributed by atoms with Crippen molar-refractivity contribution in [3.05, 3.63) is 34.4 Å². The van der Waals surface area contributed by atoms with Crippen LogP contribution in [-0.2, 0) is 4.79 Å². The highest BCUT2D eigenvalue weighted by atomic mass is 16.4. The summed E-state index contributed by atoms with van der Waals surface area (Å²) in [5.74, 6) is -1.46. The number of hydrogen-bond acceptors (Lipinski definition) is 4. The summed E-state index contributed by atoms with van der Waals surface area (Å²) < 4.78 is 0. The minimum absolute atomic E-state index is 0.0281. The maximum absolute atomic E-state index is 10.7. The zero-order chi connectivity index (χ0) is 12.3. The van der Waals surface area contributed by atoms with Crippen LogP contribution in [0.15, 0.2) is 12.1 Å². The van der Waals surface area contributed by atoms with Gasteiger partial charge < -0.3 is 10.2 Å². The number of carbonyl (C=O) groups is 2. The van der Waals surface area contributed by atoms with Crippen LogP contribution < -0.4 is 0 Å². The van der Waals surface area contributed by atoms with Gasteiger partial charge in [0.25, 0.3) is 0 Å². The van der Waals surface area contributed by atoms with Crippen LogP contribution in [0.1, 0.15) is 33.2 Å². The Hall–Kier alpha value is -2.19. The first-order valence-electron chi connectivity index (χ1n) is 4.42. The van der Waals surface area contributed by atoms with Crippen molar-refractivity contribution < 1.29 is 19.8 Å². The number of aliphatic hydroxyl groups is 1. The van der Waals surface area contributed by atoms with Crippen LogP contribution in [0.5, 0.6) is 0 Å². The van der Waals surface area contributed by atoms with E-state index in [2.05, 4.69) is 0 Å². The number of benzene rings is 1. The number of carboxylic acids is 1. The third-order valence-electron chi connectivity index (χ3n) is 2.31. The summed E-state index contributed by atoms with van der Waals surface area (Å²) >= 11 is 0. The molecule has 0 aliphatic heterocycles. The highest BCUT2D eigenvalue weighted by Crippen LogP contribution is 2.24. The second-order valence-electron chi connectivity index (χ2n) is 3.21. The number of aldehydes is 1. The maximum atomic E-state index is 10.7. The van der Waals surface area contributed by atoms with Gasteiger partial charge in [-0.05, 0) is 18.6 Å². The zero-order valence-corrected chi connectivity index (χ0v) is 8.47. The average molecular weight is 219 g/mol. The minimum atomic E-state index is -1.80. The van der Waals surface area contributed by atoms with Gasteiger partial charge in [-0.25, -0.2) is 4.79 Å². The normalized spacial score (nSPS) is 11.6. The average Bonchev–Trinajstić information content (AvgIpc) is 2.27. The van der Waals surface area contributed by atoms with Crippen molar-refractivity contribution in [1.82, 2.24) is 0 Å². The largest absolute Gasteiger partial charge is 0.479 e. The molecule has 5 heteroatoms. The van der Waals surface area contributed by atoms with Crippen molar-refractivity contribution in [1.29, 1.82) is 5.26 Å². The molecule has 5 nitrogen and oxygen atoms in total. The first-order chi connectivity index (χ1) is 7.52. The van der Waals surface area contributed by atoms with Gasteiger partial charge in [0.2, 0.25) is 0 Å². The molecule has 0 aliphatic rings. The molecular weight excluding hydrogens is 210 g/mol. The maximum Gasteiger partial charge on any atom is 0.337 e. The van der Waals surface area contributed by atoms with Crippen LogP contribution in [0.4, 0.5) is 0 Å². The van der Waals surface area contributed by atoms with Crippen LogP contribution in [0, 0.1) is 18.3 Å². The first-order valence-corrected chi connectivity index (χ1v) is 4.42. The second-order valence-corrected chi connectivity index (χ2v) is 3.21. The lowest BCUT2D eigenvalue weighted by atomic mass is 9.94. The predicted molar refractivity (Wildman–Crippen MR) is 53.9 cm³/mol. The van der Waals surface area contributed by atoms with E-state index in [9.17, 15) is 14.7 Å². The molecule has 1 rings (SSSR count). The van der Waals surface area contributed by atoms with E-state index in [1.54, 1.807) is 6.07 Å². The van der Waals surface area contributed by atoms with Gasteiger partial charge in [-0.1, -0.05) is 6.07 Å². The molecule has 1 unspecified atom stereocenters. The van der Waals surface area contributed by atoms with E-state index in [4.69, 9.17) is 10.4 Å². The van der Waals surface area contributed by atoms with Crippen LogP contribution in [0.3, 0.4) is 0 Å². The van der Waals surface area contributed by atoms with Gasteiger partial charge in [-0.2, -0.15) is 5.26 Å². The Kier molecular flexibility index (Phi) is 3.38. The molecule has 0 saturated heterocycles. The molecule has 0 radical (unpaired) electrons. The summed E-state index contributed by atoms with van der Waals surface area (Å²) in [6.07, 6.45) is -1.25. The molecule has 0 aliphatic carbocycles. The molecule has 1 atom stereocenters. The molecule has 0 amide bonds. The van der Waals surface area contributed by atoms with Crippen molar-refractivity contribution in [2.75, 3.05) is 0 Å². The smallest absolute Gasteiger partial charge is 0.337 e. The lowest BCUT2D eigenvalue weighted by molar-refractivity contribution is -0.147. The lowest BCUT2D eigenvalue weighted by Crippen LogP contribution is -2.14. The predicted octanol–water partition coefficient (Wildman–Crippen LogP) is 0.797. The molecule has 82 valence electrons. The van der Waals surface area contributed by atoms with Crippen LogP contribution >= 0.6 is 0 Å². The fourth-order valence-electron chi connectivity index (χ4n) is 1.45. The topological polar surface area (TPSA) is 98.4 Å². The number of nitrogens with zero attached hydrogens (tertiary/aromatic N) is 1. The van der Waals surface area contributed by atoms with Crippen LogP contribution in [-0.4, -0.2) is 22.5 Å². The molecule has 0 aromatic heterocycles. The standard InChI is InChI=1S/C11H9NO4/c1-6-8(5-13)3-2-7(4-12)9(6)10(14)11(15)16/h2-3,5,10,14H,1H3,(H,15,16). The third kappa shape index (κ3) is 1.92. The molecule has 2 N–H and O–H groups in total. The van der Waals surface area contributed by atoms with Crippen molar-refractivity contribution in [2.24, 2.45) is 0 Å². The second kappa shape index (κ2) is 4.55. The van der Waals surface area contributed by atoms with Gasteiger partial charge in [0.05, 0.1) is 11.6 Å². The SMILES string of the molecule is Cc1c(C=O)ccc(C#N)c1C(O)C(=O)O. The Bertz CT molecular complexity index is 487. The highest BCUT2D eigenvalue weighted by Gasteiger charge is 2.23. The zero-order valence-electron chi connectivity index (χ0n) is 8.47. The van der Waals surface area contributed by atoms with Crippen molar-refractivity contribution in [2.45, 2.75) is 13.0 Å². The summed E-state index contributed by atoms with van der Waals surface area (Å²) in [7, 11) is 0. The summed E-state index contributed by atoms with van der Waals surface area (Å²) in [4.78, 5) is 21.3. The van der Waals surface area contributed by atoms with E-state index in [0.29, 0.717) is 11.8 Å². The monoisotopic (exact) mass is 219 g/mol. The third-order valence-corrected chi connectivity index (χ3v) is 2.31. The number of rotatable bonds is 3. The number of hydrogen-bond donors (Lipinski definition) is 2. The number of carbonyl (C=O) groups excluding carboxylic acids is 1. The molecule has 0 heterocycles. The lowest BCUT2D eigenvalue weighted by Gasteiger charge is -2.12. The van der Waals surface area contributed by atoms with Crippen molar-refractivity contribution in [3.8, 4) is 6.07 Å². The molecule has 1 aromatic rings. The first kappa shape index (κ1) is 11.9. The summed E-state index contributed by atoms with van der Waals surface area (Å²) in [5.41, 5.74) is 0.593. The van der Waals surface area contributed by atoms with E-state index in [-0.39, 0.29) is 16.7 Å². The molecular formula is C11H9NO4. The van der Waals surface area contributed by atoms with Gasteiger partial charge in [0.1, 0.15) is 6.29 Å². The number of aliphatic carboxylic acids is 1. The number of nitriles is 1. The van der Waals surface area contributed by atoms with E-state index < -0.39 is 12.1 Å². The fourth-order valence-corrected chi connectivity index (χ4v) is 1.45. The quantitative estimate of drug-likeness (QED) is 0.732. The molecule has 0 saturated carbocycles. The summed E-state index contributed by atoms with van der Waals surface area (Å²) in [6, 6.07) is 4.52. The van der Waals surface area contributed by atoms with Crippen LogP contribution in [0.2, 0.25) is 0 Å². The summed E-state index contributed by atoms with van der Waals surface area (Å²) in [5, 5.41) is 26.9. The van der Waals surface area contributed by atoms with E-state index in [1.807, 2.05) is 0 Å². The van der Waals surface area contributed by atoms with E-state index in [0.717, 1.165) is 0 Å². The highest BCUT2D eigenvalue weighted by molar-refractivity contribution is 5.82. The van der Waals surface area contributed by atoms with Gasteiger partial charge >= 0.3 is 5.97 Å². The van der Waals surface area contributed by atoms with Crippen LogP contribution in [0.25, 0.3) is 0 Å². The van der Waals surface area contributed by atoms with Gasteiger partial charge in [0.15, 0.2) is 6.10 Å². The minimum Gasteiger partial charge on any atom is -0.479 e. The van der Waals surface area contributed by atoms with Gasteiger partial charge in [-0.15, -0.1) is 0 Å². The Labute approximate surface area is 91.6 Å². The molecule has 1 aromatic carbocycles. The molecule has 0 fully saturated rings. The number of aliphatic hydroxyl groups excluding tert-OH is 1. The van der Waals surface area contributed by atoms with Crippen molar-refractivity contribution >= 4 is 12.3 Å². The van der Waals surface area contributed by atoms with Crippen molar-refractivity contribution in [3.63, 3.8) is 0 Å². The summed E-state index contributed by atoms with van der Waals surface area (Å²) in [6.45, 7) is 1.49. The van der Waals surface area contributed by atoms with E-state index in [1.165, 1.54) is 19.1 Å². The fraction of sp³-hybridized carbons (Fsp3) is 0.182. The Balaban J connectivity index is 3.50. The van der Waals surface area contributed by atoms with E-state index >= 15 is 0 Å². The number of carboxylic acid groups (broad SMARTS) is 1. The van der Waals surface area contributed by atoms with Gasteiger partial charge in [0, 0.05) is 11.1 Å².